The molecule has 0 aliphatic heterocycles. The molecule has 0 spiro atoms. The van der Waals surface area contributed by atoms with Crippen LogP contribution >= 0.6 is 0 Å². The third-order valence-corrected chi connectivity index (χ3v) is 3.59. The van der Waals surface area contributed by atoms with Crippen molar-refractivity contribution in [2.24, 2.45) is 5.92 Å². The first-order valence-electron chi connectivity index (χ1n) is 7.17. The van der Waals surface area contributed by atoms with Crippen LogP contribution in [0.2, 0.25) is 0 Å². The van der Waals surface area contributed by atoms with Crippen molar-refractivity contribution in [3.63, 3.8) is 0 Å². The molecule has 0 aromatic carbocycles. The summed E-state index contributed by atoms with van der Waals surface area (Å²) in [4.78, 5) is 0. The van der Waals surface area contributed by atoms with Crippen LogP contribution in [0.4, 0.5) is 0 Å². The fourth-order valence-corrected chi connectivity index (χ4v) is 2.61. The molecule has 3 heteroatoms. The molecular formula is C14H29NO2. The summed E-state index contributed by atoms with van der Waals surface area (Å²) in [6, 6.07) is 0. The van der Waals surface area contributed by atoms with Gasteiger partial charge in [0.25, 0.3) is 0 Å². The van der Waals surface area contributed by atoms with Gasteiger partial charge in [-0.2, -0.15) is 0 Å². The van der Waals surface area contributed by atoms with Gasteiger partial charge in [-0.3, -0.25) is 0 Å². The number of nitrogens with one attached hydrogen (secondary N) is 1. The molecule has 17 heavy (non-hydrogen) atoms. The molecule has 0 aromatic rings. The van der Waals surface area contributed by atoms with Crippen molar-refractivity contribution < 1.29 is 9.84 Å². The molecule has 3 nitrogen and oxygen atoms in total. The maximum absolute atomic E-state index is 10.4. The first kappa shape index (κ1) is 14.9. The Morgan fingerprint density at radius 1 is 1.41 bits per heavy atom. The fourth-order valence-electron chi connectivity index (χ4n) is 2.61. The summed E-state index contributed by atoms with van der Waals surface area (Å²) in [5.41, 5.74) is -0.471. The van der Waals surface area contributed by atoms with Gasteiger partial charge < -0.3 is 15.2 Å². The van der Waals surface area contributed by atoms with E-state index in [1.54, 1.807) is 0 Å². The van der Waals surface area contributed by atoms with E-state index < -0.39 is 5.60 Å². The molecule has 1 aliphatic rings. The highest BCUT2D eigenvalue weighted by molar-refractivity contribution is 4.86. The second-order valence-corrected chi connectivity index (χ2v) is 5.57. The number of hydrogen-bond acceptors (Lipinski definition) is 3. The Morgan fingerprint density at radius 3 is 2.94 bits per heavy atom. The van der Waals surface area contributed by atoms with E-state index in [1.165, 1.54) is 12.8 Å². The lowest BCUT2D eigenvalue weighted by atomic mass is 9.79. The SMILES string of the molecule is CCCCOCCNCC1(O)CCCC(C)C1. The van der Waals surface area contributed by atoms with E-state index in [1.807, 2.05) is 0 Å². The lowest BCUT2D eigenvalue weighted by Crippen LogP contribution is -2.44. The summed E-state index contributed by atoms with van der Waals surface area (Å²) < 4.78 is 5.47. The van der Waals surface area contributed by atoms with Gasteiger partial charge in [0.1, 0.15) is 0 Å². The van der Waals surface area contributed by atoms with E-state index >= 15 is 0 Å². The molecule has 0 bridgehead atoms. The van der Waals surface area contributed by atoms with Gasteiger partial charge in [-0.25, -0.2) is 0 Å². The third kappa shape index (κ3) is 6.39. The molecule has 2 unspecified atom stereocenters. The minimum absolute atomic E-state index is 0.471. The van der Waals surface area contributed by atoms with Gasteiger partial charge in [0.2, 0.25) is 0 Å². The van der Waals surface area contributed by atoms with E-state index in [9.17, 15) is 5.11 Å². The number of rotatable bonds is 8. The summed E-state index contributed by atoms with van der Waals surface area (Å²) in [6.45, 7) is 7.58. The predicted octanol–water partition coefficient (Wildman–Crippen LogP) is 2.33. The first-order chi connectivity index (χ1) is 8.16. The summed E-state index contributed by atoms with van der Waals surface area (Å²) in [5.74, 6) is 0.663. The molecular weight excluding hydrogens is 214 g/mol. The average molecular weight is 243 g/mol. The first-order valence-corrected chi connectivity index (χ1v) is 7.17. The zero-order valence-corrected chi connectivity index (χ0v) is 11.5. The summed E-state index contributed by atoms with van der Waals surface area (Å²) in [6.07, 6.45) is 6.64. The Balaban J connectivity index is 2.01. The molecule has 0 saturated heterocycles. The van der Waals surface area contributed by atoms with Crippen molar-refractivity contribution in [3.05, 3.63) is 0 Å². The predicted molar refractivity (Wildman–Crippen MR) is 71.2 cm³/mol. The van der Waals surface area contributed by atoms with Crippen LogP contribution in [0, 0.1) is 5.92 Å². The summed E-state index contributed by atoms with van der Waals surface area (Å²) >= 11 is 0. The third-order valence-electron chi connectivity index (χ3n) is 3.59. The summed E-state index contributed by atoms with van der Waals surface area (Å²) in [5, 5.41) is 13.7. The Bertz CT molecular complexity index is 199. The lowest BCUT2D eigenvalue weighted by molar-refractivity contribution is -0.0128. The van der Waals surface area contributed by atoms with Gasteiger partial charge in [0.15, 0.2) is 0 Å². The smallest absolute Gasteiger partial charge is 0.0774 e. The highest BCUT2D eigenvalue weighted by atomic mass is 16.5. The number of ether oxygens (including phenoxy) is 1. The lowest BCUT2D eigenvalue weighted by Gasteiger charge is -2.35. The maximum atomic E-state index is 10.4. The monoisotopic (exact) mass is 243 g/mol. The fraction of sp³-hybridized carbons (Fsp3) is 1.00. The zero-order chi connectivity index (χ0) is 12.6. The van der Waals surface area contributed by atoms with Crippen LogP contribution in [0.5, 0.6) is 0 Å². The molecule has 1 rings (SSSR count). The van der Waals surface area contributed by atoms with Crippen molar-refractivity contribution >= 4 is 0 Å². The van der Waals surface area contributed by atoms with Crippen LogP contribution in [-0.4, -0.2) is 37.0 Å². The van der Waals surface area contributed by atoms with Gasteiger partial charge in [-0.05, 0) is 25.2 Å². The number of hydrogen-bond donors (Lipinski definition) is 2. The van der Waals surface area contributed by atoms with E-state index in [0.29, 0.717) is 12.5 Å². The van der Waals surface area contributed by atoms with Crippen molar-refractivity contribution in [1.82, 2.24) is 5.32 Å². The van der Waals surface area contributed by atoms with E-state index in [2.05, 4.69) is 19.2 Å². The molecule has 0 amide bonds. The minimum atomic E-state index is -0.471. The average Bonchev–Trinajstić information content (AvgIpc) is 2.27. The molecule has 1 saturated carbocycles. The molecule has 1 fully saturated rings. The minimum Gasteiger partial charge on any atom is -0.389 e. The summed E-state index contributed by atoms with van der Waals surface area (Å²) in [7, 11) is 0. The second-order valence-electron chi connectivity index (χ2n) is 5.57. The van der Waals surface area contributed by atoms with Gasteiger partial charge in [0.05, 0.1) is 12.2 Å². The molecule has 2 atom stereocenters. The van der Waals surface area contributed by atoms with Gasteiger partial charge in [-0.15, -0.1) is 0 Å². The zero-order valence-electron chi connectivity index (χ0n) is 11.5. The van der Waals surface area contributed by atoms with Crippen LogP contribution in [0.3, 0.4) is 0 Å². The number of unbranched alkanes of at least 4 members (excludes halogenated alkanes) is 1. The Morgan fingerprint density at radius 2 is 2.24 bits per heavy atom. The van der Waals surface area contributed by atoms with Crippen LogP contribution in [0.1, 0.15) is 52.4 Å². The number of aliphatic hydroxyl groups is 1. The Labute approximate surface area is 106 Å². The quantitative estimate of drug-likeness (QED) is 0.643. The molecule has 0 heterocycles. The van der Waals surface area contributed by atoms with Crippen molar-refractivity contribution in [1.29, 1.82) is 0 Å². The van der Waals surface area contributed by atoms with Crippen LogP contribution < -0.4 is 5.32 Å². The highest BCUT2D eigenvalue weighted by Crippen LogP contribution is 2.31. The van der Waals surface area contributed by atoms with Crippen molar-refractivity contribution in [2.45, 2.75) is 58.0 Å². The van der Waals surface area contributed by atoms with Crippen molar-refractivity contribution in [2.75, 3.05) is 26.3 Å². The molecule has 0 radical (unpaired) electrons. The van der Waals surface area contributed by atoms with Crippen LogP contribution in [0.25, 0.3) is 0 Å². The Hall–Kier alpha value is -0.120. The van der Waals surface area contributed by atoms with Gasteiger partial charge in [0, 0.05) is 19.7 Å². The van der Waals surface area contributed by atoms with Crippen LogP contribution in [-0.2, 0) is 4.74 Å². The topological polar surface area (TPSA) is 41.5 Å². The molecule has 2 N–H and O–H groups in total. The normalized spacial score (nSPS) is 29.5. The van der Waals surface area contributed by atoms with E-state index in [0.717, 1.165) is 45.4 Å². The largest absolute Gasteiger partial charge is 0.389 e. The van der Waals surface area contributed by atoms with Gasteiger partial charge in [-0.1, -0.05) is 33.1 Å². The van der Waals surface area contributed by atoms with Crippen LogP contribution in [0.15, 0.2) is 0 Å². The van der Waals surface area contributed by atoms with Gasteiger partial charge >= 0.3 is 0 Å². The molecule has 1 aliphatic carbocycles. The van der Waals surface area contributed by atoms with E-state index in [4.69, 9.17) is 4.74 Å². The van der Waals surface area contributed by atoms with E-state index in [-0.39, 0.29) is 0 Å². The Kier molecular flexibility index (Phi) is 7.09. The molecule has 0 aromatic heterocycles. The molecule has 102 valence electrons. The van der Waals surface area contributed by atoms with Crippen molar-refractivity contribution in [3.8, 4) is 0 Å². The second kappa shape index (κ2) is 8.06. The standard InChI is InChI=1S/C14H29NO2/c1-3-4-9-17-10-8-15-12-14(16)7-5-6-13(2)11-14/h13,15-16H,3-12H2,1-2H3. The maximum Gasteiger partial charge on any atom is 0.0774 e. The highest BCUT2D eigenvalue weighted by Gasteiger charge is 2.31.